The molecule has 0 spiro atoms. The van der Waals surface area contributed by atoms with Crippen LogP contribution in [0.1, 0.15) is 97.0 Å². The molecule has 0 saturated heterocycles. The predicted octanol–water partition coefficient (Wildman–Crippen LogP) is 7.62. The van der Waals surface area contributed by atoms with Crippen LogP contribution in [0.4, 0.5) is 0 Å². The minimum atomic E-state index is -4.06. The molecule has 0 heterocycles. The van der Waals surface area contributed by atoms with Crippen LogP contribution in [0.25, 0.3) is 11.1 Å². The third-order valence-corrected chi connectivity index (χ3v) is 14.2. The number of aliphatic hydroxyl groups is 1. The maximum Gasteiger partial charge on any atom is 0.266 e. The molecule has 9 atom stereocenters. The first-order chi connectivity index (χ1) is 21.3. The maximum atomic E-state index is 12.4. The summed E-state index contributed by atoms with van der Waals surface area (Å²) in [5.41, 5.74) is 3.31. The molecule has 3 N–H and O–H groups in total. The quantitative estimate of drug-likeness (QED) is 0.246. The van der Waals surface area contributed by atoms with Crippen LogP contribution in [0, 0.1) is 46.3 Å². The molecular weight excluding hydrogens is 582 g/mol. The second kappa shape index (κ2) is 12.4. The molecule has 246 valence electrons. The van der Waals surface area contributed by atoms with Crippen molar-refractivity contribution in [3.63, 3.8) is 0 Å². The van der Waals surface area contributed by atoms with Crippen LogP contribution in [0.5, 0.6) is 0 Å². The Bertz CT molecular complexity index is 1460. The summed E-state index contributed by atoms with van der Waals surface area (Å²) in [4.78, 5) is 12.4. The van der Waals surface area contributed by atoms with Crippen molar-refractivity contribution >= 4 is 16.0 Å². The zero-order chi connectivity index (χ0) is 32.0. The predicted molar refractivity (Wildman–Crippen MR) is 179 cm³/mol. The molecule has 2 aromatic rings. The van der Waals surface area contributed by atoms with Crippen LogP contribution in [0.3, 0.4) is 0 Å². The lowest BCUT2D eigenvalue weighted by molar-refractivity contribution is -0.154. The molecule has 0 aromatic heterocycles. The smallest absolute Gasteiger partial charge is 0.266 e. The topological polar surface area (TPSA) is 104 Å². The zero-order valence-corrected chi connectivity index (χ0v) is 28.2. The summed E-state index contributed by atoms with van der Waals surface area (Å²) in [6.07, 6.45) is 11.5. The van der Waals surface area contributed by atoms with Crippen LogP contribution in [0.2, 0.25) is 0 Å². The highest BCUT2D eigenvalue weighted by atomic mass is 32.2. The molecule has 2 aromatic carbocycles. The Balaban J connectivity index is 1.08. The van der Waals surface area contributed by atoms with Gasteiger partial charge in [0.15, 0.2) is 0 Å². The van der Waals surface area contributed by atoms with Crippen molar-refractivity contribution < 1.29 is 22.9 Å². The fourth-order valence-corrected chi connectivity index (χ4v) is 11.4. The Morgan fingerprint density at radius 2 is 1.58 bits per heavy atom. The van der Waals surface area contributed by atoms with E-state index in [4.69, 9.17) is 4.55 Å². The number of nitrogens with one attached hydrogen (secondary N) is 1. The van der Waals surface area contributed by atoms with Gasteiger partial charge in [0.25, 0.3) is 10.1 Å². The van der Waals surface area contributed by atoms with Gasteiger partial charge in [-0.3, -0.25) is 9.35 Å². The Kier molecular flexibility index (Phi) is 9.03. The van der Waals surface area contributed by atoms with Crippen LogP contribution >= 0.6 is 0 Å². The van der Waals surface area contributed by atoms with Crippen molar-refractivity contribution in [2.24, 2.45) is 46.3 Å². The van der Waals surface area contributed by atoms with E-state index in [9.17, 15) is 18.3 Å². The van der Waals surface area contributed by atoms with Crippen LogP contribution in [-0.4, -0.2) is 36.3 Å². The average Bonchev–Trinajstić information content (AvgIpc) is 3.37. The first-order valence-corrected chi connectivity index (χ1v) is 19.0. The summed E-state index contributed by atoms with van der Waals surface area (Å²) < 4.78 is 30.8. The number of carbonyl (C=O) groups excluding carboxylic acids is 1. The van der Waals surface area contributed by atoms with Crippen LogP contribution in [-0.2, 0) is 20.5 Å². The molecule has 0 unspecified atom stereocenters. The van der Waals surface area contributed by atoms with Crippen molar-refractivity contribution in [1.29, 1.82) is 0 Å². The molecule has 0 bridgehead atoms. The maximum absolute atomic E-state index is 12.4. The Hall–Kier alpha value is -2.22. The van der Waals surface area contributed by atoms with Gasteiger partial charge in [-0.15, -0.1) is 0 Å². The van der Waals surface area contributed by atoms with E-state index in [0.717, 1.165) is 49.0 Å². The summed E-state index contributed by atoms with van der Waals surface area (Å²) in [6.45, 7) is 7.37. The van der Waals surface area contributed by atoms with Gasteiger partial charge in [0.05, 0.1) is 11.4 Å². The highest BCUT2D eigenvalue weighted by Gasteiger charge is 2.61. The fraction of sp³-hybridized carbons (Fsp3) is 0.658. The highest BCUT2D eigenvalue weighted by Crippen LogP contribution is 2.69. The van der Waals surface area contributed by atoms with E-state index in [0.29, 0.717) is 29.6 Å². The largest absolute Gasteiger partial charge is 0.385 e. The Morgan fingerprint density at radius 3 is 2.29 bits per heavy atom. The van der Waals surface area contributed by atoms with E-state index < -0.39 is 21.5 Å². The van der Waals surface area contributed by atoms with Crippen molar-refractivity contribution in [3.05, 3.63) is 60.2 Å². The van der Waals surface area contributed by atoms with E-state index in [1.54, 1.807) is 0 Å². The second-order valence-electron chi connectivity index (χ2n) is 15.7. The lowest BCUT2D eigenvalue weighted by Crippen LogP contribution is -2.55. The van der Waals surface area contributed by atoms with Gasteiger partial charge in [0.2, 0.25) is 5.91 Å². The number of amides is 1. The number of hydrogen-bond donors (Lipinski definition) is 3. The molecule has 6 nitrogen and oxygen atoms in total. The van der Waals surface area contributed by atoms with Gasteiger partial charge >= 0.3 is 0 Å². The van der Waals surface area contributed by atoms with Crippen molar-refractivity contribution in [1.82, 2.24) is 5.32 Å². The molecule has 4 aliphatic rings. The van der Waals surface area contributed by atoms with Gasteiger partial charge in [-0.2, -0.15) is 8.42 Å². The molecule has 4 aliphatic carbocycles. The van der Waals surface area contributed by atoms with Gasteiger partial charge in [-0.25, -0.2) is 0 Å². The Labute approximate surface area is 270 Å². The molecule has 0 radical (unpaired) electrons. The van der Waals surface area contributed by atoms with Gasteiger partial charge in [0.1, 0.15) is 0 Å². The molecule has 6 rings (SSSR count). The lowest BCUT2D eigenvalue weighted by Gasteiger charge is -2.62. The first kappa shape index (κ1) is 32.7. The molecule has 7 heteroatoms. The SMILES string of the molecule is C[C@H](CCC(=O)NCCS(=O)(=O)O)[C@H]1CC[C@H]2[C@@H]3CC[C@H]4C[C@@](O)(c5ccc(-c6ccccc6)cc5)CC[C@]4(C)[C@H]3CC[C@]12C. The number of rotatable bonds is 9. The van der Waals surface area contributed by atoms with E-state index in [1.165, 1.54) is 49.7 Å². The van der Waals surface area contributed by atoms with Gasteiger partial charge in [0, 0.05) is 13.0 Å². The van der Waals surface area contributed by atoms with E-state index in [2.05, 4.69) is 74.6 Å². The minimum absolute atomic E-state index is 0.0456. The van der Waals surface area contributed by atoms with E-state index in [1.807, 2.05) is 6.07 Å². The summed E-state index contributed by atoms with van der Waals surface area (Å²) >= 11 is 0. The second-order valence-corrected chi connectivity index (χ2v) is 17.3. The highest BCUT2D eigenvalue weighted by molar-refractivity contribution is 7.85. The van der Waals surface area contributed by atoms with Crippen LogP contribution in [0.15, 0.2) is 54.6 Å². The number of benzene rings is 2. The monoisotopic (exact) mass is 635 g/mol. The van der Waals surface area contributed by atoms with Gasteiger partial charge < -0.3 is 10.4 Å². The van der Waals surface area contributed by atoms with E-state index >= 15 is 0 Å². The lowest BCUT2D eigenvalue weighted by atomic mass is 9.43. The standard InChI is InChI=1S/C38H53NO5S/c1-26(9-18-35(40)39-23-24-45(42,43)44)32-16-17-33-31-15-14-30-25-38(41,22-21-36(30,2)34(31)19-20-37(32,33)3)29-12-10-28(11-13-29)27-7-5-4-6-8-27/h4-8,10-13,26,30-34,41H,9,14-25H2,1-3H3,(H,39,40)(H,42,43,44)/t26-,30+,31+,32-,33+,34+,36+,37-,38-/m1/s1. The fourth-order valence-electron chi connectivity index (χ4n) is 11.1. The van der Waals surface area contributed by atoms with Crippen LogP contribution < -0.4 is 5.32 Å². The summed E-state index contributed by atoms with van der Waals surface area (Å²) in [5, 5.41) is 14.7. The molecular formula is C38H53NO5S. The minimum Gasteiger partial charge on any atom is -0.385 e. The zero-order valence-electron chi connectivity index (χ0n) is 27.4. The summed E-state index contributed by atoms with van der Waals surface area (Å²) in [5.74, 6) is 3.22. The Morgan fingerprint density at radius 1 is 0.889 bits per heavy atom. The molecule has 45 heavy (non-hydrogen) atoms. The first-order valence-electron chi connectivity index (χ1n) is 17.4. The summed E-state index contributed by atoms with van der Waals surface area (Å²) in [6, 6.07) is 19.1. The molecule has 1 amide bonds. The molecule has 0 aliphatic heterocycles. The van der Waals surface area contributed by atoms with Crippen molar-refractivity contribution in [2.45, 2.75) is 97.0 Å². The summed E-state index contributed by atoms with van der Waals surface area (Å²) in [7, 11) is -4.06. The molecule has 4 saturated carbocycles. The third-order valence-electron chi connectivity index (χ3n) is 13.5. The third kappa shape index (κ3) is 6.38. The van der Waals surface area contributed by atoms with Crippen molar-refractivity contribution in [3.8, 4) is 11.1 Å². The van der Waals surface area contributed by atoms with Crippen molar-refractivity contribution in [2.75, 3.05) is 12.3 Å². The number of hydrogen-bond acceptors (Lipinski definition) is 4. The molecule has 4 fully saturated rings. The normalized spacial score (nSPS) is 36.8. The van der Waals surface area contributed by atoms with E-state index in [-0.39, 0.29) is 17.9 Å². The van der Waals surface area contributed by atoms with Gasteiger partial charge in [-0.1, -0.05) is 75.4 Å². The number of fused-ring (bicyclic) bond motifs is 5. The van der Waals surface area contributed by atoms with Gasteiger partial charge in [-0.05, 0) is 127 Å². The number of carbonyl (C=O) groups is 1. The average molecular weight is 636 g/mol.